The van der Waals surface area contributed by atoms with Crippen LogP contribution in [0, 0.1) is 5.82 Å². The van der Waals surface area contributed by atoms with E-state index in [2.05, 4.69) is 26.8 Å². The predicted octanol–water partition coefficient (Wildman–Crippen LogP) is 3.36. The molecule has 0 heterocycles. The molecule has 144 valence electrons. The molecule has 2 rings (SSSR count). The molecule has 0 saturated carbocycles. The maximum atomic E-state index is 13.4. The summed E-state index contributed by atoms with van der Waals surface area (Å²) in [4.78, 5) is 23.7. The quantitative estimate of drug-likeness (QED) is 0.489. The minimum atomic E-state index is -0.788. The number of amides is 2. The molecule has 6 nitrogen and oxygen atoms in total. The minimum Gasteiger partial charge on any atom is -0.491 e. The lowest BCUT2D eigenvalue weighted by atomic mass is 10.3. The van der Waals surface area contributed by atoms with Gasteiger partial charge in [-0.1, -0.05) is 34.1 Å². The van der Waals surface area contributed by atoms with Crippen LogP contribution in [0.25, 0.3) is 0 Å². The fraction of sp³-hybridized carbons (Fsp3) is 0.263. The third-order valence-corrected chi connectivity index (χ3v) is 3.94. The lowest BCUT2D eigenvalue weighted by molar-refractivity contribution is -0.132. The van der Waals surface area contributed by atoms with Gasteiger partial charge in [-0.25, -0.2) is 4.39 Å². The number of ether oxygens (including phenoxy) is 2. The van der Waals surface area contributed by atoms with E-state index in [9.17, 15) is 14.0 Å². The van der Waals surface area contributed by atoms with Crippen molar-refractivity contribution in [1.29, 1.82) is 0 Å². The summed E-state index contributed by atoms with van der Waals surface area (Å²) in [5.41, 5.74) is 4.62. The highest BCUT2D eigenvalue weighted by Crippen LogP contribution is 2.19. The van der Waals surface area contributed by atoms with E-state index in [4.69, 9.17) is 9.47 Å². The highest BCUT2D eigenvalue weighted by atomic mass is 79.9. The second-order valence-corrected chi connectivity index (χ2v) is 6.55. The van der Waals surface area contributed by atoms with Gasteiger partial charge in [0.05, 0.1) is 6.61 Å². The van der Waals surface area contributed by atoms with Gasteiger partial charge in [-0.3, -0.25) is 20.4 Å². The van der Waals surface area contributed by atoms with Crippen molar-refractivity contribution >= 4 is 27.7 Å². The van der Waals surface area contributed by atoms with E-state index in [0.717, 1.165) is 4.47 Å². The number of halogens is 2. The molecule has 0 aliphatic heterocycles. The molecule has 27 heavy (non-hydrogen) atoms. The number of nitrogens with one attached hydrogen (secondary N) is 2. The molecular formula is C19H20BrFN2O4. The first-order valence-electron chi connectivity index (χ1n) is 8.34. The zero-order valence-corrected chi connectivity index (χ0v) is 16.3. The van der Waals surface area contributed by atoms with Crippen LogP contribution in [-0.2, 0) is 9.59 Å². The van der Waals surface area contributed by atoms with E-state index in [1.807, 2.05) is 6.07 Å². The van der Waals surface area contributed by atoms with Crippen molar-refractivity contribution in [2.24, 2.45) is 0 Å². The summed E-state index contributed by atoms with van der Waals surface area (Å²) >= 11 is 3.32. The average molecular weight is 439 g/mol. The van der Waals surface area contributed by atoms with Crippen molar-refractivity contribution < 1.29 is 23.5 Å². The van der Waals surface area contributed by atoms with E-state index in [1.165, 1.54) is 12.1 Å². The lowest BCUT2D eigenvalue weighted by Gasteiger charge is -2.15. The van der Waals surface area contributed by atoms with Crippen LogP contribution >= 0.6 is 15.9 Å². The van der Waals surface area contributed by atoms with Gasteiger partial charge < -0.3 is 9.47 Å². The SMILES string of the molecule is CC(Oc1cccc(Br)c1)C(=O)NNC(=O)CCCOc1ccccc1F. The van der Waals surface area contributed by atoms with Gasteiger partial charge in [-0.15, -0.1) is 0 Å². The van der Waals surface area contributed by atoms with Crippen LogP contribution in [0.15, 0.2) is 53.0 Å². The van der Waals surface area contributed by atoms with Crippen LogP contribution in [-0.4, -0.2) is 24.5 Å². The number of hydrogen-bond donors (Lipinski definition) is 2. The first-order chi connectivity index (χ1) is 13.0. The molecule has 0 spiro atoms. The summed E-state index contributed by atoms with van der Waals surface area (Å²) in [6.07, 6.45) is -0.292. The van der Waals surface area contributed by atoms with Gasteiger partial charge in [0.15, 0.2) is 17.7 Å². The number of rotatable bonds is 8. The number of benzene rings is 2. The van der Waals surface area contributed by atoms with Gasteiger partial charge in [0.2, 0.25) is 5.91 Å². The van der Waals surface area contributed by atoms with E-state index in [0.29, 0.717) is 12.2 Å². The average Bonchev–Trinajstić information content (AvgIpc) is 2.64. The molecule has 0 aromatic heterocycles. The molecule has 0 saturated heterocycles. The molecule has 0 radical (unpaired) electrons. The van der Waals surface area contributed by atoms with Gasteiger partial charge in [-0.05, 0) is 43.7 Å². The van der Waals surface area contributed by atoms with Crippen molar-refractivity contribution in [3.8, 4) is 11.5 Å². The largest absolute Gasteiger partial charge is 0.491 e. The van der Waals surface area contributed by atoms with E-state index in [-0.39, 0.29) is 24.7 Å². The van der Waals surface area contributed by atoms with Crippen molar-refractivity contribution in [2.45, 2.75) is 25.9 Å². The number of carbonyl (C=O) groups excluding carboxylic acids is 2. The number of hydrogen-bond acceptors (Lipinski definition) is 4. The van der Waals surface area contributed by atoms with Gasteiger partial charge in [0.1, 0.15) is 5.75 Å². The summed E-state index contributed by atoms with van der Waals surface area (Å²) < 4.78 is 25.0. The smallest absolute Gasteiger partial charge is 0.279 e. The molecule has 2 amide bonds. The first kappa shape index (κ1) is 20.7. The Labute approximate surface area is 165 Å². The fourth-order valence-electron chi connectivity index (χ4n) is 2.07. The number of hydrazine groups is 1. The van der Waals surface area contributed by atoms with Crippen LogP contribution in [0.3, 0.4) is 0 Å². The third-order valence-electron chi connectivity index (χ3n) is 3.45. The Kier molecular flexibility index (Phi) is 8.06. The van der Waals surface area contributed by atoms with Crippen molar-refractivity contribution in [3.63, 3.8) is 0 Å². The number of para-hydroxylation sites is 1. The molecule has 1 unspecified atom stereocenters. The minimum absolute atomic E-state index is 0.121. The molecule has 2 aromatic rings. The van der Waals surface area contributed by atoms with Crippen LogP contribution in [0.5, 0.6) is 11.5 Å². The molecule has 0 aliphatic rings. The van der Waals surface area contributed by atoms with Crippen molar-refractivity contribution in [3.05, 3.63) is 58.8 Å². The van der Waals surface area contributed by atoms with Gasteiger partial charge in [-0.2, -0.15) is 0 Å². The van der Waals surface area contributed by atoms with Crippen LogP contribution < -0.4 is 20.3 Å². The molecular weight excluding hydrogens is 419 g/mol. The lowest BCUT2D eigenvalue weighted by Crippen LogP contribution is -2.47. The predicted molar refractivity (Wildman–Crippen MR) is 102 cm³/mol. The molecule has 0 aliphatic carbocycles. The summed E-state index contributed by atoms with van der Waals surface area (Å²) in [7, 11) is 0. The topological polar surface area (TPSA) is 76.7 Å². The molecule has 0 bridgehead atoms. The monoisotopic (exact) mass is 438 g/mol. The summed E-state index contributed by atoms with van der Waals surface area (Å²) in [5.74, 6) is -0.636. The van der Waals surface area contributed by atoms with Gasteiger partial charge >= 0.3 is 0 Å². The van der Waals surface area contributed by atoms with E-state index >= 15 is 0 Å². The zero-order chi connectivity index (χ0) is 19.6. The third kappa shape index (κ3) is 7.26. The maximum Gasteiger partial charge on any atom is 0.279 e. The molecule has 0 fully saturated rings. The van der Waals surface area contributed by atoms with Gasteiger partial charge in [0.25, 0.3) is 5.91 Å². The zero-order valence-electron chi connectivity index (χ0n) is 14.7. The maximum absolute atomic E-state index is 13.4. The Bertz CT molecular complexity index is 788. The van der Waals surface area contributed by atoms with E-state index < -0.39 is 17.8 Å². The molecule has 2 aromatic carbocycles. The highest BCUT2D eigenvalue weighted by Gasteiger charge is 2.15. The standard InChI is InChI=1S/C19H20BrFN2O4/c1-13(27-15-7-4-6-14(20)12-15)19(25)23-22-18(24)10-5-11-26-17-9-3-2-8-16(17)21/h2-4,6-9,12-13H,5,10-11H2,1H3,(H,22,24)(H,23,25). The summed E-state index contributed by atoms with van der Waals surface area (Å²) in [5, 5.41) is 0. The van der Waals surface area contributed by atoms with Gasteiger partial charge in [0, 0.05) is 10.9 Å². The van der Waals surface area contributed by atoms with Crippen LogP contribution in [0.4, 0.5) is 4.39 Å². The van der Waals surface area contributed by atoms with Crippen LogP contribution in [0.2, 0.25) is 0 Å². The Balaban J connectivity index is 1.64. The fourth-order valence-corrected chi connectivity index (χ4v) is 2.45. The summed E-state index contributed by atoms with van der Waals surface area (Å²) in [6.45, 7) is 1.76. The Hall–Kier alpha value is -2.61. The van der Waals surface area contributed by atoms with Crippen molar-refractivity contribution in [1.82, 2.24) is 10.9 Å². The Morgan fingerprint density at radius 3 is 2.67 bits per heavy atom. The second-order valence-electron chi connectivity index (χ2n) is 5.64. The Morgan fingerprint density at radius 2 is 1.93 bits per heavy atom. The normalized spacial score (nSPS) is 11.4. The van der Waals surface area contributed by atoms with Crippen LogP contribution in [0.1, 0.15) is 19.8 Å². The Morgan fingerprint density at radius 1 is 1.15 bits per heavy atom. The summed E-state index contributed by atoms with van der Waals surface area (Å²) in [6, 6.07) is 13.1. The highest BCUT2D eigenvalue weighted by molar-refractivity contribution is 9.10. The molecule has 2 N–H and O–H groups in total. The van der Waals surface area contributed by atoms with Crippen molar-refractivity contribution in [2.75, 3.05) is 6.61 Å². The number of carbonyl (C=O) groups is 2. The van der Waals surface area contributed by atoms with E-state index in [1.54, 1.807) is 37.3 Å². The molecule has 8 heteroatoms. The molecule has 1 atom stereocenters. The second kappa shape index (κ2) is 10.5. The first-order valence-corrected chi connectivity index (χ1v) is 9.13.